The standard InChI is InChI=1S/C19H37N/c1-5-15(6-2)11-18-12-16(14(3)4)7-8-17(18)13-20-19-9-10-19/h14-20H,5-13H2,1-4H3. The molecular weight excluding hydrogens is 242 g/mol. The van der Waals surface area contributed by atoms with Gasteiger partial charge in [0, 0.05) is 6.04 Å². The van der Waals surface area contributed by atoms with E-state index < -0.39 is 0 Å². The highest BCUT2D eigenvalue weighted by Crippen LogP contribution is 2.41. The Labute approximate surface area is 127 Å². The summed E-state index contributed by atoms with van der Waals surface area (Å²) in [6.45, 7) is 10.9. The monoisotopic (exact) mass is 279 g/mol. The molecule has 2 rings (SSSR count). The molecule has 0 bridgehead atoms. The number of rotatable bonds is 8. The van der Waals surface area contributed by atoms with Crippen molar-refractivity contribution in [1.82, 2.24) is 5.32 Å². The molecule has 0 aromatic rings. The molecule has 0 radical (unpaired) electrons. The van der Waals surface area contributed by atoms with Gasteiger partial charge in [-0.2, -0.15) is 0 Å². The molecule has 118 valence electrons. The van der Waals surface area contributed by atoms with Crippen LogP contribution in [0.1, 0.15) is 79.1 Å². The quantitative estimate of drug-likeness (QED) is 0.639. The van der Waals surface area contributed by atoms with Crippen LogP contribution in [0.15, 0.2) is 0 Å². The van der Waals surface area contributed by atoms with Crippen LogP contribution in [-0.4, -0.2) is 12.6 Å². The average molecular weight is 280 g/mol. The minimum Gasteiger partial charge on any atom is -0.314 e. The molecule has 0 aromatic carbocycles. The SMILES string of the molecule is CCC(CC)CC1CC(C(C)C)CCC1CNC1CC1. The Morgan fingerprint density at radius 2 is 1.65 bits per heavy atom. The predicted octanol–water partition coefficient (Wildman–Crippen LogP) is 5.25. The van der Waals surface area contributed by atoms with Gasteiger partial charge in [-0.05, 0) is 74.7 Å². The van der Waals surface area contributed by atoms with Crippen LogP contribution in [0.2, 0.25) is 0 Å². The van der Waals surface area contributed by atoms with Crippen LogP contribution in [0.25, 0.3) is 0 Å². The molecule has 0 amide bonds. The van der Waals surface area contributed by atoms with Gasteiger partial charge >= 0.3 is 0 Å². The molecule has 2 aliphatic rings. The van der Waals surface area contributed by atoms with Gasteiger partial charge in [0.15, 0.2) is 0 Å². The minimum atomic E-state index is 0.881. The van der Waals surface area contributed by atoms with E-state index >= 15 is 0 Å². The highest BCUT2D eigenvalue weighted by molar-refractivity contribution is 4.87. The second-order valence-electron chi connectivity index (χ2n) is 7.94. The largest absolute Gasteiger partial charge is 0.314 e. The molecular formula is C19H37N. The molecule has 1 heteroatoms. The van der Waals surface area contributed by atoms with Crippen LogP contribution in [0.5, 0.6) is 0 Å². The Morgan fingerprint density at radius 3 is 2.20 bits per heavy atom. The maximum atomic E-state index is 3.81. The van der Waals surface area contributed by atoms with Crippen molar-refractivity contribution in [3.63, 3.8) is 0 Å². The van der Waals surface area contributed by atoms with Gasteiger partial charge in [0.2, 0.25) is 0 Å². The van der Waals surface area contributed by atoms with E-state index in [1.54, 1.807) is 0 Å². The van der Waals surface area contributed by atoms with Gasteiger partial charge in [-0.3, -0.25) is 0 Å². The first-order valence-electron chi connectivity index (χ1n) is 9.37. The third kappa shape index (κ3) is 4.76. The van der Waals surface area contributed by atoms with Crippen LogP contribution < -0.4 is 5.32 Å². The van der Waals surface area contributed by atoms with Gasteiger partial charge in [0.1, 0.15) is 0 Å². The fourth-order valence-electron chi connectivity index (χ4n) is 4.18. The smallest absolute Gasteiger partial charge is 0.00683 e. The van der Waals surface area contributed by atoms with E-state index in [1.807, 2.05) is 0 Å². The van der Waals surface area contributed by atoms with Gasteiger partial charge < -0.3 is 5.32 Å². The van der Waals surface area contributed by atoms with E-state index in [0.29, 0.717) is 0 Å². The van der Waals surface area contributed by atoms with Gasteiger partial charge in [0.05, 0.1) is 0 Å². The van der Waals surface area contributed by atoms with Gasteiger partial charge in [-0.25, -0.2) is 0 Å². The van der Waals surface area contributed by atoms with Crippen molar-refractivity contribution in [3.05, 3.63) is 0 Å². The molecule has 2 fully saturated rings. The van der Waals surface area contributed by atoms with Crippen LogP contribution >= 0.6 is 0 Å². The summed E-state index contributed by atoms with van der Waals surface area (Å²) in [5, 5.41) is 3.81. The topological polar surface area (TPSA) is 12.0 Å². The van der Waals surface area contributed by atoms with Gasteiger partial charge in [-0.15, -0.1) is 0 Å². The highest BCUT2D eigenvalue weighted by Gasteiger charge is 2.33. The normalized spacial score (nSPS) is 31.2. The minimum absolute atomic E-state index is 0.881. The first kappa shape index (κ1) is 16.3. The molecule has 0 spiro atoms. The van der Waals surface area contributed by atoms with E-state index in [9.17, 15) is 0 Å². The van der Waals surface area contributed by atoms with E-state index in [2.05, 4.69) is 33.0 Å². The summed E-state index contributed by atoms with van der Waals surface area (Å²) in [4.78, 5) is 0. The number of nitrogens with one attached hydrogen (secondary N) is 1. The zero-order chi connectivity index (χ0) is 14.5. The fourth-order valence-corrected chi connectivity index (χ4v) is 4.18. The van der Waals surface area contributed by atoms with Crippen molar-refractivity contribution in [2.75, 3.05) is 6.54 Å². The first-order valence-corrected chi connectivity index (χ1v) is 9.37. The van der Waals surface area contributed by atoms with Crippen LogP contribution in [0.3, 0.4) is 0 Å². The third-order valence-electron chi connectivity index (χ3n) is 6.16. The molecule has 0 aromatic heterocycles. The van der Waals surface area contributed by atoms with Crippen LogP contribution in [0.4, 0.5) is 0 Å². The zero-order valence-electron chi connectivity index (χ0n) is 14.3. The van der Waals surface area contributed by atoms with Crippen molar-refractivity contribution in [1.29, 1.82) is 0 Å². The predicted molar refractivity (Wildman–Crippen MR) is 88.9 cm³/mol. The Balaban J connectivity index is 1.89. The molecule has 3 unspecified atom stereocenters. The molecule has 0 aliphatic heterocycles. The summed E-state index contributed by atoms with van der Waals surface area (Å²) >= 11 is 0. The van der Waals surface area contributed by atoms with Crippen molar-refractivity contribution in [3.8, 4) is 0 Å². The lowest BCUT2D eigenvalue weighted by Crippen LogP contribution is -2.36. The third-order valence-corrected chi connectivity index (χ3v) is 6.16. The van der Waals surface area contributed by atoms with E-state index in [4.69, 9.17) is 0 Å². The Bertz CT molecular complexity index is 263. The summed E-state index contributed by atoms with van der Waals surface area (Å²) in [5.74, 6) is 4.80. The van der Waals surface area contributed by atoms with Crippen LogP contribution in [-0.2, 0) is 0 Å². The van der Waals surface area contributed by atoms with E-state index in [0.717, 1.165) is 35.6 Å². The van der Waals surface area contributed by atoms with E-state index in [1.165, 1.54) is 57.9 Å². The molecule has 0 heterocycles. The Hall–Kier alpha value is -0.0400. The lowest BCUT2D eigenvalue weighted by Gasteiger charge is -2.39. The summed E-state index contributed by atoms with van der Waals surface area (Å²) in [7, 11) is 0. The maximum absolute atomic E-state index is 3.81. The molecule has 2 aliphatic carbocycles. The second kappa shape index (κ2) is 7.82. The zero-order valence-corrected chi connectivity index (χ0v) is 14.3. The van der Waals surface area contributed by atoms with Crippen molar-refractivity contribution >= 4 is 0 Å². The average Bonchev–Trinajstić information content (AvgIpc) is 3.27. The second-order valence-corrected chi connectivity index (χ2v) is 7.94. The molecule has 1 nitrogen and oxygen atoms in total. The van der Waals surface area contributed by atoms with Gasteiger partial charge in [0.25, 0.3) is 0 Å². The Morgan fingerprint density at radius 1 is 0.950 bits per heavy atom. The summed E-state index contributed by atoms with van der Waals surface area (Å²) < 4.78 is 0. The lowest BCUT2D eigenvalue weighted by atomic mass is 9.67. The fraction of sp³-hybridized carbons (Fsp3) is 1.00. The van der Waals surface area contributed by atoms with Crippen molar-refractivity contribution < 1.29 is 0 Å². The molecule has 2 saturated carbocycles. The summed E-state index contributed by atoms with van der Waals surface area (Å²) in [6.07, 6.45) is 11.6. The van der Waals surface area contributed by atoms with Crippen LogP contribution in [0, 0.1) is 29.6 Å². The summed E-state index contributed by atoms with van der Waals surface area (Å²) in [6, 6.07) is 0.881. The molecule has 3 atom stereocenters. The lowest BCUT2D eigenvalue weighted by molar-refractivity contribution is 0.121. The molecule has 20 heavy (non-hydrogen) atoms. The maximum Gasteiger partial charge on any atom is 0.00683 e. The number of hydrogen-bond acceptors (Lipinski definition) is 1. The van der Waals surface area contributed by atoms with Crippen molar-refractivity contribution in [2.24, 2.45) is 29.6 Å². The van der Waals surface area contributed by atoms with Gasteiger partial charge in [-0.1, -0.05) is 40.5 Å². The number of hydrogen-bond donors (Lipinski definition) is 1. The molecule has 1 N–H and O–H groups in total. The van der Waals surface area contributed by atoms with E-state index in [-0.39, 0.29) is 0 Å². The molecule has 0 saturated heterocycles. The first-order chi connectivity index (χ1) is 9.63. The Kier molecular flexibility index (Phi) is 6.39. The summed E-state index contributed by atoms with van der Waals surface area (Å²) in [5.41, 5.74) is 0. The van der Waals surface area contributed by atoms with Crippen molar-refractivity contribution in [2.45, 2.75) is 85.1 Å². The highest BCUT2D eigenvalue weighted by atomic mass is 14.9.